The summed E-state index contributed by atoms with van der Waals surface area (Å²) in [6, 6.07) is 2.43. The summed E-state index contributed by atoms with van der Waals surface area (Å²) in [5.41, 5.74) is 2.38. The van der Waals surface area contributed by atoms with Gasteiger partial charge in [0.05, 0.1) is 5.52 Å². The molecular formula is C13H17ClN4. The van der Waals surface area contributed by atoms with E-state index in [1.807, 2.05) is 12.3 Å². The zero-order valence-corrected chi connectivity index (χ0v) is 11.2. The van der Waals surface area contributed by atoms with Gasteiger partial charge >= 0.3 is 0 Å². The molecule has 1 fully saturated rings. The van der Waals surface area contributed by atoms with Gasteiger partial charge in [-0.05, 0) is 25.1 Å². The van der Waals surface area contributed by atoms with Crippen molar-refractivity contribution in [2.24, 2.45) is 0 Å². The van der Waals surface area contributed by atoms with Crippen molar-refractivity contribution in [2.45, 2.75) is 12.5 Å². The smallest absolute Gasteiger partial charge is 0.131 e. The standard InChI is InChI=1S/C13H17ClN4/c1-18-3-2-15-7-10(18)4-9-6-16-12-5-13(14)17-8-11(9)12/h5-6,8,10,15-16H,2-4,7H2,1H3. The largest absolute Gasteiger partial charge is 0.361 e. The van der Waals surface area contributed by atoms with E-state index in [0.29, 0.717) is 11.2 Å². The van der Waals surface area contributed by atoms with Gasteiger partial charge in [-0.3, -0.25) is 0 Å². The molecule has 1 unspecified atom stereocenters. The summed E-state index contributed by atoms with van der Waals surface area (Å²) < 4.78 is 0. The van der Waals surface area contributed by atoms with Crippen LogP contribution in [0.3, 0.4) is 0 Å². The van der Waals surface area contributed by atoms with Crippen molar-refractivity contribution in [1.82, 2.24) is 20.2 Å². The molecule has 3 rings (SSSR count). The first-order chi connectivity index (χ1) is 8.74. The van der Waals surface area contributed by atoms with Crippen molar-refractivity contribution in [1.29, 1.82) is 0 Å². The van der Waals surface area contributed by atoms with E-state index in [2.05, 4.69) is 33.4 Å². The number of nitrogens with one attached hydrogen (secondary N) is 2. The van der Waals surface area contributed by atoms with E-state index in [1.54, 1.807) is 0 Å². The molecule has 2 aromatic heterocycles. The van der Waals surface area contributed by atoms with Crippen molar-refractivity contribution in [3.63, 3.8) is 0 Å². The van der Waals surface area contributed by atoms with Crippen LogP contribution in [0.5, 0.6) is 0 Å². The van der Waals surface area contributed by atoms with Gasteiger partial charge in [0, 0.05) is 43.5 Å². The fourth-order valence-electron chi connectivity index (χ4n) is 2.56. The molecular weight excluding hydrogens is 248 g/mol. The van der Waals surface area contributed by atoms with Gasteiger partial charge in [0.2, 0.25) is 0 Å². The number of nitrogens with zero attached hydrogens (tertiary/aromatic N) is 2. The van der Waals surface area contributed by atoms with Gasteiger partial charge in [-0.15, -0.1) is 0 Å². The molecule has 0 aliphatic carbocycles. The minimum atomic E-state index is 0.535. The van der Waals surface area contributed by atoms with E-state index in [4.69, 9.17) is 11.6 Å². The molecule has 0 bridgehead atoms. The maximum Gasteiger partial charge on any atom is 0.131 e. The number of H-pyrrole nitrogens is 1. The Bertz CT molecular complexity index is 551. The van der Waals surface area contributed by atoms with Crippen LogP contribution in [-0.4, -0.2) is 47.6 Å². The number of aromatic nitrogens is 2. The molecule has 1 aliphatic heterocycles. The first kappa shape index (κ1) is 12.0. The van der Waals surface area contributed by atoms with Gasteiger partial charge in [-0.25, -0.2) is 4.98 Å². The van der Waals surface area contributed by atoms with Gasteiger partial charge in [0.1, 0.15) is 5.15 Å². The average Bonchev–Trinajstić information content (AvgIpc) is 2.74. The summed E-state index contributed by atoms with van der Waals surface area (Å²) in [6.45, 7) is 3.24. The number of rotatable bonds is 2. The predicted octanol–water partition coefficient (Wildman–Crippen LogP) is 1.66. The Kier molecular flexibility index (Phi) is 3.24. The van der Waals surface area contributed by atoms with E-state index in [1.165, 1.54) is 10.9 Å². The first-order valence-corrected chi connectivity index (χ1v) is 6.64. The number of piperazine rings is 1. The number of aromatic amines is 1. The number of likely N-dealkylation sites (N-methyl/N-ethyl adjacent to an activating group) is 1. The Morgan fingerprint density at radius 2 is 2.44 bits per heavy atom. The van der Waals surface area contributed by atoms with Gasteiger partial charge in [-0.1, -0.05) is 11.6 Å². The van der Waals surface area contributed by atoms with E-state index in [9.17, 15) is 0 Å². The molecule has 0 radical (unpaired) electrons. The molecule has 4 nitrogen and oxygen atoms in total. The minimum absolute atomic E-state index is 0.535. The molecule has 5 heteroatoms. The molecule has 2 aromatic rings. The SMILES string of the molecule is CN1CCNCC1Cc1c[nH]c2cc(Cl)ncc12. The monoisotopic (exact) mass is 264 g/mol. The van der Waals surface area contributed by atoms with Crippen LogP contribution in [0, 0.1) is 0 Å². The molecule has 0 aromatic carbocycles. The number of pyridine rings is 1. The Balaban J connectivity index is 1.86. The van der Waals surface area contributed by atoms with E-state index in [-0.39, 0.29) is 0 Å². The van der Waals surface area contributed by atoms with Crippen LogP contribution in [0.25, 0.3) is 10.9 Å². The molecule has 2 N–H and O–H groups in total. The highest BCUT2D eigenvalue weighted by Crippen LogP contribution is 2.22. The van der Waals surface area contributed by atoms with Crippen LogP contribution < -0.4 is 5.32 Å². The molecule has 96 valence electrons. The Morgan fingerprint density at radius 3 is 3.28 bits per heavy atom. The topological polar surface area (TPSA) is 44.0 Å². The molecule has 0 amide bonds. The van der Waals surface area contributed by atoms with Crippen molar-refractivity contribution in [3.8, 4) is 0 Å². The van der Waals surface area contributed by atoms with E-state index < -0.39 is 0 Å². The normalized spacial score (nSPS) is 21.6. The van der Waals surface area contributed by atoms with Gasteiger partial charge in [-0.2, -0.15) is 0 Å². The fraction of sp³-hybridized carbons (Fsp3) is 0.462. The Hall–Kier alpha value is -1.10. The molecule has 18 heavy (non-hydrogen) atoms. The molecule has 0 spiro atoms. The summed E-state index contributed by atoms with van der Waals surface area (Å²) >= 11 is 5.89. The minimum Gasteiger partial charge on any atom is -0.361 e. The van der Waals surface area contributed by atoms with Crippen LogP contribution in [0.4, 0.5) is 0 Å². The van der Waals surface area contributed by atoms with Crippen molar-refractivity contribution >= 4 is 22.5 Å². The van der Waals surface area contributed by atoms with Gasteiger partial charge < -0.3 is 15.2 Å². The average molecular weight is 265 g/mol. The van der Waals surface area contributed by atoms with E-state index >= 15 is 0 Å². The third-order valence-corrected chi connectivity index (χ3v) is 3.93. The van der Waals surface area contributed by atoms with Crippen LogP contribution in [0.2, 0.25) is 5.15 Å². The number of halogens is 1. The third kappa shape index (κ3) is 2.23. The Morgan fingerprint density at radius 1 is 1.56 bits per heavy atom. The molecule has 1 saturated heterocycles. The van der Waals surface area contributed by atoms with E-state index in [0.717, 1.165) is 31.6 Å². The zero-order chi connectivity index (χ0) is 12.5. The highest BCUT2D eigenvalue weighted by Gasteiger charge is 2.20. The summed E-state index contributed by atoms with van der Waals surface area (Å²) in [5.74, 6) is 0. The summed E-state index contributed by atoms with van der Waals surface area (Å²) in [4.78, 5) is 9.85. The molecule has 0 saturated carbocycles. The lowest BCUT2D eigenvalue weighted by Crippen LogP contribution is -2.50. The fourth-order valence-corrected chi connectivity index (χ4v) is 2.72. The maximum atomic E-state index is 5.89. The lowest BCUT2D eigenvalue weighted by Gasteiger charge is -2.33. The van der Waals surface area contributed by atoms with Crippen molar-refractivity contribution < 1.29 is 0 Å². The second-order valence-electron chi connectivity index (χ2n) is 4.91. The number of hydrogen-bond acceptors (Lipinski definition) is 3. The third-order valence-electron chi connectivity index (χ3n) is 3.72. The highest BCUT2D eigenvalue weighted by molar-refractivity contribution is 6.30. The summed E-state index contributed by atoms with van der Waals surface area (Å²) in [5, 5.41) is 5.16. The van der Waals surface area contributed by atoms with Gasteiger partial charge in [0.15, 0.2) is 0 Å². The van der Waals surface area contributed by atoms with Gasteiger partial charge in [0.25, 0.3) is 0 Å². The highest BCUT2D eigenvalue weighted by atomic mass is 35.5. The second-order valence-corrected chi connectivity index (χ2v) is 5.30. The van der Waals surface area contributed by atoms with Crippen LogP contribution in [0.1, 0.15) is 5.56 Å². The zero-order valence-electron chi connectivity index (χ0n) is 10.4. The molecule has 1 aliphatic rings. The molecule has 1 atom stereocenters. The number of fused-ring (bicyclic) bond motifs is 1. The predicted molar refractivity (Wildman–Crippen MR) is 74.1 cm³/mol. The van der Waals surface area contributed by atoms with Crippen LogP contribution in [-0.2, 0) is 6.42 Å². The molecule has 3 heterocycles. The van der Waals surface area contributed by atoms with Crippen LogP contribution in [0.15, 0.2) is 18.5 Å². The lowest BCUT2D eigenvalue weighted by atomic mass is 10.0. The summed E-state index contributed by atoms with van der Waals surface area (Å²) in [7, 11) is 2.19. The first-order valence-electron chi connectivity index (χ1n) is 6.26. The second kappa shape index (κ2) is 4.88. The number of hydrogen-bond donors (Lipinski definition) is 2. The van der Waals surface area contributed by atoms with Crippen molar-refractivity contribution in [2.75, 3.05) is 26.7 Å². The maximum absolute atomic E-state index is 5.89. The Labute approximate surface area is 111 Å². The van der Waals surface area contributed by atoms with Crippen LogP contribution >= 0.6 is 11.6 Å². The lowest BCUT2D eigenvalue weighted by molar-refractivity contribution is 0.199. The van der Waals surface area contributed by atoms with Crippen molar-refractivity contribution in [3.05, 3.63) is 29.2 Å². The summed E-state index contributed by atoms with van der Waals surface area (Å²) in [6.07, 6.45) is 4.97. The quantitative estimate of drug-likeness (QED) is 0.811.